The van der Waals surface area contributed by atoms with Crippen LogP contribution in [0.1, 0.15) is 55.4 Å². The van der Waals surface area contributed by atoms with Gasteiger partial charge < -0.3 is 43.5 Å². The third kappa shape index (κ3) is 48.9. The lowest BCUT2D eigenvalue weighted by molar-refractivity contribution is -0.140. The summed E-state index contributed by atoms with van der Waals surface area (Å²) in [7, 11) is -8.44. The number of hydrogen-bond acceptors (Lipinski definition) is 24. The maximum Gasteiger partial charge on any atom is 0.475 e. The van der Waals surface area contributed by atoms with Gasteiger partial charge in [-0.3, -0.25) is 40.7 Å². The molecular weight excluding hydrogens is 1080 g/mol. The number of carbonyl (C=O) groups excluding carboxylic acids is 3. The molecule has 4 saturated heterocycles. The summed E-state index contributed by atoms with van der Waals surface area (Å²) in [6.45, 7) is 17.2. The van der Waals surface area contributed by atoms with E-state index in [2.05, 4.69) is 47.1 Å². The molecule has 4 N–H and O–H groups in total. The quantitative estimate of drug-likeness (QED) is 0.0353. The molecule has 0 amide bonds. The van der Waals surface area contributed by atoms with Gasteiger partial charge in [0.15, 0.2) is 0 Å². The fourth-order valence-corrected chi connectivity index (χ4v) is 7.80. The van der Waals surface area contributed by atoms with Gasteiger partial charge >= 0.3 is 47.5 Å². The number of phosphoric ester groups is 2. The van der Waals surface area contributed by atoms with E-state index in [0.29, 0.717) is 57.2 Å². The second kappa shape index (κ2) is 41.7. The zero-order chi connectivity index (χ0) is 52.2. The molecule has 0 aromatic carbocycles. The molecule has 0 saturated carbocycles. The Morgan fingerprint density at radius 1 is 0.603 bits per heavy atom. The van der Waals surface area contributed by atoms with E-state index in [1.54, 1.807) is 6.92 Å². The van der Waals surface area contributed by atoms with Gasteiger partial charge in [0, 0.05) is 39.2 Å². The van der Waals surface area contributed by atoms with Crippen molar-refractivity contribution in [1.29, 1.82) is 0 Å². The third-order valence-corrected chi connectivity index (χ3v) is 12.9. The first-order valence-corrected chi connectivity index (χ1v) is 29.3. The molecular formula is C35H68Cl3O25P5. The Kier molecular flexibility index (Phi) is 45.2. The lowest BCUT2D eigenvalue weighted by Gasteiger charge is -2.19. The lowest BCUT2D eigenvalue weighted by atomic mass is 9.93. The lowest BCUT2D eigenvalue weighted by Crippen LogP contribution is -2.12. The summed E-state index contributed by atoms with van der Waals surface area (Å²) < 4.78 is 108. The molecule has 4 aliphatic heterocycles. The van der Waals surface area contributed by atoms with Gasteiger partial charge in [-0.25, -0.2) is 32.6 Å². The number of hydrogen-bond donors (Lipinski definition) is 4. The largest absolute Gasteiger partial charge is 0.475 e. The normalized spacial score (nSPS) is 17.9. The van der Waals surface area contributed by atoms with Crippen molar-refractivity contribution in [1.82, 2.24) is 0 Å². The number of rotatable bonds is 17. The second-order valence-corrected chi connectivity index (χ2v) is 23.5. The molecule has 4 rings (SSSR count). The van der Waals surface area contributed by atoms with E-state index in [0.717, 1.165) is 0 Å². The van der Waals surface area contributed by atoms with Crippen LogP contribution < -0.4 is 0 Å². The molecule has 0 aliphatic carbocycles. The molecule has 0 aromatic rings. The maximum atomic E-state index is 11.4. The Balaban J connectivity index is -0.000000371. The number of carbonyl (C=O) groups is 3. The molecule has 4 fully saturated rings. The van der Waals surface area contributed by atoms with Crippen molar-refractivity contribution in [3.63, 3.8) is 0 Å². The van der Waals surface area contributed by atoms with Crippen molar-refractivity contribution < 1.29 is 117 Å². The van der Waals surface area contributed by atoms with E-state index in [1.807, 2.05) is 20.8 Å². The summed E-state index contributed by atoms with van der Waals surface area (Å²) in [6, 6.07) is 0. The third-order valence-electron chi connectivity index (χ3n) is 5.91. The highest BCUT2D eigenvalue weighted by molar-refractivity contribution is 7.81. The zero-order valence-corrected chi connectivity index (χ0v) is 44.8. The van der Waals surface area contributed by atoms with Gasteiger partial charge in [-0.05, 0) is 43.8 Å². The summed E-state index contributed by atoms with van der Waals surface area (Å²) in [4.78, 5) is 41.7. The summed E-state index contributed by atoms with van der Waals surface area (Å²) >= 11 is 15.5. The predicted octanol–water partition coefficient (Wildman–Crippen LogP) is 7.92. The van der Waals surface area contributed by atoms with E-state index in [-0.39, 0.29) is 91.1 Å². The molecule has 4 heterocycles. The Morgan fingerprint density at radius 2 is 0.941 bits per heavy atom. The zero-order valence-electron chi connectivity index (χ0n) is 38.1. The number of aliphatic hydroxyl groups excluding tert-OH is 3. The monoisotopic (exact) mass is 1150 g/mol. The minimum Gasteiger partial charge on any atom is -0.460 e. The first-order valence-electron chi connectivity index (χ1n) is 19.3. The number of ether oxygens (including phenoxy) is 3. The average Bonchev–Trinajstić information content (AvgIpc) is 4.08. The summed E-state index contributed by atoms with van der Waals surface area (Å²) in [6.07, 6.45) is 0.631. The van der Waals surface area contributed by atoms with Gasteiger partial charge in [-0.2, -0.15) is 0 Å². The number of esters is 3. The molecule has 4 aliphatic rings. The minimum atomic E-state index is -4.08. The van der Waals surface area contributed by atoms with Crippen LogP contribution in [0, 0.1) is 5.41 Å². The number of phosphoric acid groups is 2. The van der Waals surface area contributed by atoms with Crippen LogP contribution in [0.25, 0.3) is 0 Å². The molecule has 0 spiro atoms. The van der Waals surface area contributed by atoms with Crippen LogP contribution in [0.5, 0.6) is 0 Å². The Morgan fingerprint density at radius 3 is 1.22 bits per heavy atom. The van der Waals surface area contributed by atoms with E-state index in [4.69, 9.17) is 85.7 Å². The Bertz CT molecular complexity index is 1590. The predicted molar refractivity (Wildman–Crippen MR) is 252 cm³/mol. The summed E-state index contributed by atoms with van der Waals surface area (Å²) in [5.74, 6) is -1.53. The summed E-state index contributed by atoms with van der Waals surface area (Å²) in [5, 5.41) is 23.4. The van der Waals surface area contributed by atoms with Crippen LogP contribution >= 0.6 is 71.0 Å². The van der Waals surface area contributed by atoms with Crippen molar-refractivity contribution >= 4 is 88.9 Å². The van der Waals surface area contributed by atoms with Crippen LogP contribution in [-0.2, 0) is 96.6 Å². The highest BCUT2D eigenvalue weighted by atomic mass is 35.7. The average molecular weight is 1150 g/mol. The topological polar surface area (TPSA) is 330 Å². The van der Waals surface area contributed by atoms with Crippen molar-refractivity contribution in [3.8, 4) is 0 Å². The van der Waals surface area contributed by atoms with Crippen molar-refractivity contribution in [3.05, 3.63) is 36.5 Å². The van der Waals surface area contributed by atoms with Gasteiger partial charge in [0.2, 0.25) is 0 Å². The van der Waals surface area contributed by atoms with Gasteiger partial charge in [-0.1, -0.05) is 47.9 Å². The first-order chi connectivity index (χ1) is 31.0. The Labute approximate surface area is 413 Å². The van der Waals surface area contributed by atoms with E-state index >= 15 is 0 Å². The summed E-state index contributed by atoms with van der Waals surface area (Å²) in [5.41, 5.74) is 0.920. The first kappa shape index (κ1) is 73.8. The number of aliphatic hydroxyl groups is 3. The van der Waals surface area contributed by atoms with Crippen LogP contribution in [0.3, 0.4) is 0 Å². The van der Waals surface area contributed by atoms with Crippen LogP contribution in [-0.4, -0.2) is 150 Å². The molecule has 33 heteroatoms. The van der Waals surface area contributed by atoms with E-state index in [1.165, 1.54) is 13.8 Å². The van der Waals surface area contributed by atoms with Crippen LogP contribution in [0.15, 0.2) is 36.5 Å². The molecule has 0 bridgehead atoms. The molecule has 0 radical (unpaired) electrons. The van der Waals surface area contributed by atoms with Gasteiger partial charge in [0.25, 0.3) is 7.73 Å². The molecule has 0 aromatic heterocycles. The standard InChI is InChI=1S/C12H23O6P.C8H13O6P.C6H10O3.2C2H4ClO3P.C2H4ClO2P.C2H6O2.CH4/c1-10(2)11(13)16-8-9-18-19(14,15)17-7-6-12(3,4)5;1-7(2)8(9)11-3-4-12-15(10)13-5-6-14-15;1-5(2)6(8)9-4-3-7;2*3-7(4)5-1-2-6-7;3-6-4-1-2-5-6;3-1-2-4;/h1,6-9H2,2-5H3,(H,14,15);1,3-6H2,2H3;7H,1,3-4H2,2H3;2*1-2H2;1-2H2;3-4H,1-2H2;1H4. The molecule has 1 atom stereocenters. The number of halogens is 3. The van der Waals surface area contributed by atoms with Crippen molar-refractivity contribution in [2.75, 3.05) is 112 Å². The highest BCUT2D eigenvalue weighted by Gasteiger charge is 2.32. The highest BCUT2D eigenvalue weighted by Crippen LogP contribution is 2.57. The van der Waals surface area contributed by atoms with Gasteiger partial charge in [0.1, 0.15) is 19.8 Å². The SMILES string of the molecule is C.C=C(C)C(=O)OCCO.C=C(C)C(=O)OCCOP(=O)(O)OCCC(C)(C)C.C=C(C)C(=O)OCCOP1(=O)OCCO1.ClP1OCCO1.O=P1(Cl)OCCO1.O=P1(Cl)OCCO1.OCCO. The molecule has 1 unspecified atom stereocenters. The molecule has 404 valence electrons. The van der Waals surface area contributed by atoms with Crippen molar-refractivity contribution in [2.45, 2.75) is 55.4 Å². The van der Waals surface area contributed by atoms with E-state index in [9.17, 15) is 37.5 Å². The van der Waals surface area contributed by atoms with Gasteiger partial charge in [-0.15, -0.1) is 0 Å². The molecule has 68 heavy (non-hydrogen) atoms. The smallest absolute Gasteiger partial charge is 0.460 e. The molecule has 25 nitrogen and oxygen atoms in total. The van der Waals surface area contributed by atoms with Crippen LogP contribution in [0.2, 0.25) is 0 Å². The second-order valence-electron chi connectivity index (χ2n) is 13.4. The van der Waals surface area contributed by atoms with E-state index < -0.39 is 55.2 Å². The fraction of sp³-hybridized carbons (Fsp3) is 0.743. The van der Waals surface area contributed by atoms with Crippen molar-refractivity contribution in [2.24, 2.45) is 5.41 Å². The van der Waals surface area contributed by atoms with Gasteiger partial charge in [0.05, 0.1) is 92.5 Å². The minimum absolute atomic E-state index is 0. The fourth-order valence-electron chi connectivity index (χ4n) is 2.91. The Hall–Kier alpha value is -0.750. The maximum absolute atomic E-state index is 11.4. The van der Waals surface area contributed by atoms with Crippen LogP contribution in [0.4, 0.5) is 0 Å².